The minimum absolute atomic E-state index is 0. The van der Waals surface area contributed by atoms with Gasteiger partial charge in [-0.2, -0.15) is 4.98 Å². The van der Waals surface area contributed by atoms with E-state index in [1.54, 1.807) is 25.4 Å². The summed E-state index contributed by atoms with van der Waals surface area (Å²) in [4.78, 5) is 11.9. The normalized spacial score (nSPS) is 13.0. The van der Waals surface area contributed by atoms with E-state index in [1.165, 1.54) is 0 Å². The van der Waals surface area contributed by atoms with Crippen molar-refractivity contribution in [2.24, 2.45) is 0 Å². The second kappa shape index (κ2) is 10.5. The molecule has 0 radical (unpaired) electrons. The van der Waals surface area contributed by atoms with Crippen LogP contribution in [0, 0.1) is 6.92 Å². The van der Waals surface area contributed by atoms with Gasteiger partial charge in [-0.25, -0.2) is 0 Å². The van der Waals surface area contributed by atoms with Gasteiger partial charge in [0.15, 0.2) is 12.0 Å². The van der Waals surface area contributed by atoms with Gasteiger partial charge < -0.3 is 18.8 Å². The van der Waals surface area contributed by atoms with Gasteiger partial charge in [0.05, 0.1) is 23.8 Å². The molecule has 0 saturated carbocycles. The molecule has 0 spiro atoms. The van der Waals surface area contributed by atoms with Gasteiger partial charge >= 0.3 is 34.7 Å². The zero-order valence-electron chi connectivity index (χ0n) is 15.8. The fourth-order valence-electron chi connectivity index (χ4n) is 2.67. The predicted molar refractivity (Wildman–Crippen MR) is 111 cm³/mol. The van der Waals surface area contributed by atoms with Crippen molar-refractivity contribution in [3.63, 3.8) is 0 Å². The Morgan fingerprint density at radius 3 is 2.79 bits per heavy atom. The van der Waals surface area contributed by atoms with E-state index in [9.17, 15) is 4.55 Å². The molecule has 2 unspecified atom stereocenters. The Kier molecular flexibility index (Phi) is 8.60. The average molecular weight is 413 g/mol. The van der Waals surface area contributed by atoms with Crippen molar-refractivity contribution >= 4 is 51.8 Å². The number of benzene rings is 1. The molecule has 1 aromatic carbocycles. The van der Waals surface area contributed by atoms with Gasteiger partial charge in [-0.05, 0) is 39.0 Å². The van der Waals surface area contributed by atoms with Crippen molar-refractivity contribution in [3.8, 4) is 11.5 Å². The molecule has 3 aromatic rings. The Balaban J connectivity index is 0.00000280. The van der Waals surface area contributed by atoms with Gasteiger partial charge in [-0.3, -0.25) is 9.97 Å². The van der Waals surface area contributed by atoms with Gasteiger partial charge in [0.25, 0.3) is 0 Å². The van der Waals surface area contributed by atoms with Crippen LogP contribution in [0.3, 0.4) is 0 Å². The molecule has 1 N–H and O–H groups in total. The number of ether oxygens (including phenoxy) is 3. The van der Waals surface area contributed by atoms with E-state index in [1.807, 2.05) is 32.9 Å². The maximum atomic E-state index is 12.8. The van der Waals surface area contributed by atoms with Crippen molar-refractivity contribution in [2.45, 2.75) is 38.0 Å². The maximum absolute atomic E-state index is 12.8. The summed E-state index contributed by atoms with van der Waals surface area (Å²) >= 11 is -1.37. The molecule has 0 aliphatic heterocycles. The number of imidazole rings is 1. The van der Waals surface area contributed by atoms with Crippen molar-refractivity contribution in [2.75, 3.05) is 13.7 Å². The molecule has 0 aliphatic carbocycles. The first kappa shape index (κ1) is 23.0. The van der Waals surface area contributed by atoms with Crippen LogP contribution >= 0.6 is 0 Å². The molecule has 0 fully saturated rings. The summed E-state index contributed by atoms with van der Waals surface area (Å²) in [6, 6.07) is 7.28. The van der Waals surface area contributed by atoms with Crippen molar-refractivity contribution in [3.05, 3.63) is 41.7 Å². The van der Waals surface area contributed by atoms with E-state index < -0.39 is 11.2 Å². The van der Waals surface area contributed by atoms with E-state index in [2.05, 4.69) is 15.0 Å². The fourth-order valence-corrected chi connectivity index (χ4v) is 3.77. The Morgan fingerprint density at radius 1 is 1.29 bits per heavy atom. The molecule has 9 heteroatoms. The van der Waals surface area contributed by atoms with Crippen molar-refractivity contribution < 1.29 is 18.8 Å². The van der Waals surface area contributed by atoms with Crippen LogP contribution in [0.2, 0.25) is 0 Å². The quantitative estimate of drug-likeness (QED) is 0.347. The first-order valence-corrected chi connectivity index (χ1v) is 9.98. The second-order valence-electron chi connectivity index (χ2n) is 5.94. The minimum atomic E-state index is -1.37. The molecular weight excluding hydrogens is 389 g/mol. The number of nitrogens with one attached hydrogen (secondary N) is 1. The number of hydrogen-bond acceptors (Lipinski definition) is 6. The van der Waals surface area contributed by atoms with Crippen LogP contribution in [0.25, 0.3) is 11.0 Å². The molecule has 2 aromatic heterocycles. The van der Waals surface area contributed by atoms with E-state index in [-0.39, 0.29) is 41.6 Å². The number of fused-ring (bicyclic) bond motifs is 1. The Labute approximate surface area is 189 Å². The summed E-state index contributed by atoms with van der Waals surface area (Å²) in [5.74, 6) is 1.62. The molecule has 2 heterocycles. The van der Waals surface area contributed by atoms with Gasteiger partial charge in [0, 0.05) is 35.6 Å². The average Bonchev–Trinajstić information content (AvgIpc) is 3.08. The third-order valence-electron chi connectivity index (χ3n) is 4.11. The van der Waals surface area contributed by atoms with Gasteiger partial charge in [0.1, 0.15) is 11.5 Å². The Bertz CT molecular complexity index is 921. The Hall–Kier alpha value is -1.29. The topological polar surface area (TPSA) is 92.3 Å². The van der Waals surface area contributed by atoms with Crippen LogP contribution in [0.1, 0.15) is 25.1 Å². The SMILES string of the molecule is CCOC(C)Oc1ccnc(C[S+]([O-])c2nc3cc(OC)ccc3[nH]2)c1C.[NaH]. The number of hydrogen-bond donors (Lipinski definition) is 1. The molecule has 0 saturated heterocycles. The summed E-state index contributed by atoms with van der Waals surface area (Å²) in [6.07, 6.45) is 1.29. The van der Waals surface area contributed by atoms with Crippen molar-refractivity contribution in [1.29, 1.82) is 0 Å². The van der Waals surface area contributed by atoms with E-state index in [0.29, 0.717) is 34.5 Å². The summed E-state index contributed by atoms with van der Waals surface area (Å²) < 4.78 is 29.2. The van der Waals surface area contributed by atoms with Gasteiger partial charge in [-0.15, -0.1) is 0 Å². The summed E-state index contributed by atoms with van der Waals surface area (Å²) in [5.41, 5.74) is 3.07. The molecule has 0 aliphatic rings. The third-order valence-corrected chi connectivity index (χ3v) is 5.27. The standard InChI is InChI=1S/C19H23N3O4S.Na.H/c1-5-25-13(3)26-18-8-9-20-17(12(18)2)11-27(23)19-21-15-7-6-14(24-4)10-16(15)22-19;;/h6-10,13H,5,11H2,1-4H3,(H,21,22);;. The Morgan fingerprint density at radius 2 is 2.07 bits per heavy atom. The van der Waals surface area contributed by atoms with Crippen LogP contribution in [-0.4, -0.2) is 69.1 Å². The molecule has 0 bridgehead atoms. The van der Waals surface area contributed by atoms with Crippen LogP contribution in [0.4, 0.5) is 0 Å². The summed E-state index contributed by atoms with van der Waals surface area (Å²) in [6.45, 7) is 6.22. The van der Waals surface area contributed by atoms with Crippen LogP contribution < -0.4 is 9.47 Å². The molecule has 28 heavy (non-hydrogen) atoms. The monoisotopic (exact) mass is 413 g/mol. The fraction of sp³-hybridized carbons (Fsp3) is 0.368. The molecule has 0 amide bonds. The number of H-pyrrole nitrogens is 1. The number of methoxy groups -OCH3 is 1. The second-order valence-corrected chi connectivity index (χ2v) is 7.30. The number of nitrogens with zero attached hydrogens (tertiary/aromatic N) is 2. The zero-order valence-corrected chi connectivity index (χ0v) is 16.6. The number of aromatic nitrogens is 3. The third kappa shape index (κ3) is 5.40. The zero-order chi connectivity index (χ0) is 19.4. The van der Waals surface area contributed by atoms with E-state index in [0.717, 1.165) is 11.1 Å². The number of aromatic amines is 1. The predicted octanol–water partition coefficient (Wildman–Crippen LogP) is 2.70. The first-order chi connectivity index (χ1) is 13.0. The van der Waals surface area contributed by atoms with E-state index >= 15 is 0 Å². The first-order valence-electron chi connectivity index (χ1n) is 8.66. The van der Waals surface area contributed by atoms with Crippen LogP contribution in [0.5, 0.6) is 11.5 Å². The summed E-state index contributed by atoms with van der Waals surface area (Å²) in [7, 11) is 1.60. The molecule has 146 valence electrons. The van der Waals surface area contributed by atoms with Crippen LogP contribution in [-0.2, 0) is 21.7 Å². The molecule has 7 nitrogen and oxygen atoms in total. The molecule has 2 atom stereocenters. The summed E-state index contributed by atoms with van der Waals surface area (Å²) in [5, 5.41) is 0.411. The molecular formula is C19H24N3NaO4S. The number of pyridine rings is 1. The van der Waals surface area contributed by atoms with E-state index in [4.69, 9.17) is 14.2 Å². The molecule has 3 rings (SSSR count). The van der Waals surface area contributed by atoms with Gasteiger partial charge in [0.2, 0.25) is 0 Å². The van der Waals surface area contributed by atoms with Gasteiger partial charge in [-0.1, -0.05) is 0 Å². The van der Waals surface area contributed by atoms with Crippen molar-refractivity contribution in [1.82, 2.24) is 15.0 Å². The number of rotatable bonds is 8. The van der Waals surface area contributed by atoms with Crippen LogP contribution in [0.15, 0.2) is 35.6 Å².